The van der Waals surface area contributed by atoms with Gasteiger partial charge in [-0.15, -0.1) is 0 Å². The number of nitrogens with zero attached hydrogens (tertiary/aromatic N) is 2. The van der Waals surface area contributed by atoms with Gasteiger partial charge in [-0.2, -0.15) is 0 Å². The Morgan fingerprint density at radius 1 is 1.15 bits per heavy atom. The third-order valence-corrected chi connectivity index (χ3v) is 5.76. The number of carbonyl (C=O) groups is 2. The topological polar surface area (TPSA) is 52.7 Å². The summed E-state index contributed by atoms with van der Waals surface area (Å²) >= 11 is 0. The van der Waals surface area contributed by atoms with Gasteiger partial charge in [0, 0.05) is 32.2 Å². The van der Waals surface area contributed by atoms with Gasteiger partial charge in [-0.25, -0.2) is 0 Å². The van der Waals surface area contributed by atoms with Gasteiger partial charge in [0.1, 0.15) is 6.04 Å². The summed E-state index contributed by atoms with van der Waals surface area (Å²) in [5, 5.41) is 2.96. The lowest BCUT2D eigenvalue weighted by atomic mass is 10.0. The van der Waals surface area contributed by atoms with Crippen LogP contribution in [0.25, 0.3) is 0 Å². The molecule has 5 heteroatoms. The van der Waals surface area contributed by atoms with Crippen LogP contribution in [-0.4, -0.2) is 43.4 Å². The minimum Gasteiger partial charge on any atom is -0.378 e. The Kier molecular flexibility index (Phi) is 5.84. The van der Waals surface area contributed by atoms with E-state index in [1.165, 1.54) is 5.56 Å². The van der Waals surface area contributed by atoms with E-state index in [1.54, 1.807) is 0 Å². The zero-order valence-electron chi connectivity index (χ0n) is 16.2. The highest BCUT2D eigenvalue weighted by Crippen LogP contribution is 2.34. The number of rotatable bonds is 5. The van der Waals surface area contributed by atoms with Crippen molar-refractivity contribution < 1.29 is 9.59 Å². The minimum atomic E-state index is -0.458. The summed E-state index contributed by atoms with van der Waals surface area (Å²) in [7, 11) is 4.05. The maximum absolute atomic E-state index is 13.0. The molecule has 1 aliphatic carbocycles. The summed E-state index contributed by atoms with van der Waals surface area (Å²) in [6.07, 6.45) is 6.14. The molecule has 5 nitrogen and oxygen atoms in total. The van der Waals surface area contributed by atoms with Crippen molar-refractivity contribution in [1.29, 1.82) is 0 Å². The van der Waals surface area contributed by atoms with Gasteiger partial charge >= 0.3 is 0 Å². The lowest BCUT2D eigenvalue weighted by Crippen LogP contribution is -2.48. The Labute approximate surface area is 156 Å². The van der Waals surface area contributed by atoms with E-state index in [4.69, 9.17) is 0 Å². The molecule has 26 heavy (non-hydrogen) atoms. The molecule has 0 spiro atoms. The molecule has 142 valence electrons. The van der Waals surface area contributed by atoms with Crippen LogP contribution >= 0.6 is 0 Å². The number of amides is 2. The predicted molar refractivity (Wildman–Crippen MR) is 104 cm³/mol. The molecule has 1 aromatic rings. The summed E-state index contributed by atoms with van der Waals surface area (Å²) in [4.78, 5) is 29.4. The normalized spacial score (nSPS) is 21.7. The van der Waals surface area contributed by atoms with Gasteiger partial charge in [0.05, 0.1) is 6.04 Å². The first-order valence-corrected chi connectivity index (χ1v) is 9.85. The number of nitrogens with one attached hydrogen (secondary N) is 1. The maximum Gasteiger partial charge on any atom is 0.245 e. The van der Waals surface area contributed by atoms with Gasteiger partial charge < -0.3 is 15.1 Å². The summed E-state index contributed by atoms with van der Waals surface area (Å²) < 4.78 is 0. The van der Waals surface area contributed by atoms with Crippen molar-refractivity contribution in [2.45, 2.75) is 57.5 Å². The minimum absolute atomic E-state index is 0.0362. The van der Waals surface area contributed by atoms with Crippen molar-refractivity contribution >= 4 is 17.5 Å². The fraction of sp³-hybridized carbons (Fsp3) is 0.619. The second-order valence-corrected chi connectivity index (χ2v) is 7.89. The average molecular weight is 357 g/mol. The molecule has 2 aliphatic rings. The highest BCUT2D eigenvalue weighted by Gasteiger charge is 2.34. The van der Waals surface area contributed by atoms with Crippen molar-refractivity contribution in [2.24, 2.45) is 5.92 Å². The molecular formula is C21H31N3O2. The van der Waals surface area contributed by atoms with Crippen LogP contribution in [0.15, 0.2) is 24.3 Å². The van der Waals surface area contributed by atoms with Crippen molar-refractivity contribution in [2.75, 3.05) is 25.5 Å². The van der Waals surface area contributed by atoms with E-state index in [9.17, 15) is 9.59 Å². The fourth-order valence-electron chi connectivity index (χ4n) is 4.22. The standard InChI is InChI=1S/C21H31N3O2/c1-15(22-20(25)16-8-4-5-9-16)21(26)24-13-7-12-19(24)17-10-6-11-18(14-17)23(2)3/h6,10-11,14-16,19H,4-5,7-9,12-13H2,1-3H3,(H,22,25). The number of anilines is 1. The number of hydrogen-bond acceptors (Lipinski definition) is 3. The summed E-state index contributed by atoms with van der Waals surface area (Å²) in [5.74, 6) is 0.180. The molecule has 2 fully saturated rings. The molecule has 1 aromatic carbocycles. The molecule has 1 heterocycles. The first-order chi connectivity index (χ1) is 12.5. The van der Waals surface area contributed by atoms with Crippen LogP contribution in [0.4, 0.5) is 5.69 Å². The summed E-state index contributed by atoms with van der Waals surface area (Å²) in [5.41, 5.74) is 2.32. The fourth-order valence-corrected chi connectivity index (χ4v) is 4.22. The second-order valence-electron chi connectivity index (χ2n) is 7.89. The molecule has 1 saturated carbocycles. The Balaban J connectivity index is 1.67. The summed E-state index contributed by atoms with van der Waals surface area (Å²) in [6, 6.07) is 8.05. The summed E-state index contributed by atoms with van der Waals surface area (Å²) in [6.45, 7) is 2.58. The highest BCUT2D eigenvalue weighted by atomic mass is 16.2. The largest absolute Gasteiger partial charge is 0.378 e. The number of likely N-dealkylation sites (tertiary alicyclic amines) is 1. The van der Waals surface area contributed by atoms with Crippen molar-refractivity contribution in [3.63, 3.8) is 0 Å². The molecule has 2 unspecified atom stereocenters. The SMILES string of the molecule is CC(NC(=O)C1CCCC1)C(=O)N1CCCC1c1cccc(N(C)C)c1. The zero-order chi connectivity index (χ0) is 18.7. The third-order valence-electron chi connectivity index (χ3n) is 5.76. The average Bonchev–Trinajstić information content (AvgIpc) is 3.32. The molecule has 3 rings (SSSR count). The van der Waals surface area contributed by atoms with Gasteiger partial charge in [-0.3, -0.25) is 9.59 Å². The molecule has 0 radical (unpaired) electrons. The molecule has 2 amide bonds. The third kappa shape index (κ3) is 4.02. The van der Waals surface area contributed by atoms with E-state index in [0.717, 1.165) is 50.8 Å². The smallest absolute Gasteiger partial charge is 0.245 e. The van der Waals surface area contributed by atoms with Crippen molar-refractivity contribution in [1.82, 2.24) is 10.2 Å². The molecular weight excluding hydrogens is 326 g/mol. The van der Waals surface area contributed by atoms with E-state index >= 15 is 0 Å². The van der Waals surface area contributed by atoms with Gasteiger partial charge in [0.2, 0.25) is 11.8 Å². The number of hydrogen-bond donors (Lipinski definition) is 1. The highest BCUT2D eigenvalue weighted by molar-refractivity contribution is 5.88. The zero-order valence-corrected chi connectivity index (χ0v) is 16.2. The van der Waals surface area contributed by atoms with E-state index in [1.807, 2.05) is 25.9 Å². The molecule has 0 aromatic heterocycles. The van der Waals surface area contributed by atoms with Crippen molar-refractivity contribution in [3.8, 4) is 0 Å². The van der Waals surface area contributed by atoms with E-state index in [0.29, 0.717) is 0 Å². The lowest BCUT2D eigenvalue weighted by Gasteiger charge is -2.29. The van der Waals surface area contributed by atoms with Crippen LogP contribution in [0.5, 0.6) is 0 Å². The van der Waals surface area contributed by atoms with Crippen LogP contribution < -0.4 is 10.2 Å². The first-order valence-electron chi connectivity index (χ1n) is 9.85. The van der Waals surface area contributed by atoms with Gasteiger partial charge in [0.25, 0.3) is 0 Å². The quantitative estimate of drug-likeness (QED) is 0.881. The Morgan fingerprint density at radius 2 is 1.88 bits per heavy atom. The van der Waals surface area contributed by atoms with Crippen molar-refractivity contribution in [3.05, 3.63) is 29.8 Å². The Hall–Kier alpha value is -2.04. The molecule has 1 aliphatic heterocycles. The molecule has 0 bridgehead atoms. The molecule has 1 N–H and O–H groups in total. The Morgan fingerprint density at radius 3 is 2.58 bits per heavy atom. The van der Waals surface area contributed by atoms with Crippen LogP contribution in [0.2, 0.25) is 0 Å². The first kappa shape index (κ1) is 18.7. The van der Waals surface area contributed by atoms with Crippen LogP contribution in [0.1, 0.15) is 57.1 Å². The van der Waals surface area contributed by atoms with Crippen LogP contribution in [0, 0.1) is 5.92 Å². The number of benzene rings is 1. The predicted octanol–water partition coefficient (Wildman–Crippen LogP) is 3.11. The number of carbonyl (C=O) groups excluding carboxylic acids is 2. The van der Waals surface area contributed by atoms with Crippen LogP contribution in [0.3, 0.4) is 0 Å². The molecule has 2 atom stereocenters. The monoisotopic (exact) mass is 357 g/mol. The van der Waals surface area contributed by atoms with Gasteiger partial charge in [-0.1, -0.05) is 25.0 Å². The maximum atomic E-state index is 13.0. The Bertz CT molecular complexity index is 652. The van der Waals surface area contributed by atoms with Gasteiger partial charge in [0.15, 0.2) is 0 Å². The van der Waals surface area contributed by atoms with E-state index < -0.39 is 6.04 Å². The second kappa shape index (κ2) is 8.11. The van der Waals surface area contributed by atoms with Gasteiger partial charge in [-0.05, 0) is 50.3 Å². The van der Waals surface area contributed by atoms with E-state index in [2.05, 4.69) is 34.5 Å². The van der Waals surface area contributed by atoms with Crippen LogP contribution in [-0.2, 0) is 9.59 Å². The van der Waals surface area contributed by atoms with E-state index in [-0.39, 0.29) is 23.8 Å². The lowest BCUT2D eigenvalue weighted by molar-refractivity contribution is -0.137. The molecule has 1 saturated heterocycles.